The summed E-state index contributed by atoms with van der Waals surface area (Å²) in [6, 6.07) is 10.5. The van der Waals surface area contributed by atoms with E-state index in [1.165, 1.54) is 38.3 Å². The molecule has 0 bridgehead atoms. The second-order valence-electron chi connectivity index (χ2n) is 7.06. The Hall–Kier alpha value is -2.95. The summed E-state index contributed by atoms with van der Waals surface area (Å²) >= 11 is 0. The van der Waals surface area contributed by atoms with Crippen molar-refractivity contribution in [1.29, 1.82) is 0 Å². The maximum atomic E-state index is 12.6. The highest BCUT2D eigenvalue weighted by Crippen LogP contribution is 2.28. The summed E-state index contributed by atoms with van der Waals surface area (Å²) in [5.41, 5.74) is 1.14. The number of amides is 2. The molecule has 0 unspecified atom stereocenters. The SMILES string of the molecule is COc1ccc(NC(C)=O)cc1NC(=O)c1ccc(S(=O)(=O)NC[C@H]2CCCO2)cc1. The van der Waals surface area contributed by atoms with Crippen molar-refractivity contribution in [1.82, 2.24) is 4.72 Å². The molecule has 2 aromatic rings. The van der Waals surface area contributed by atoms with E-state index in [4.69, 9.17) is 9.47 Å². The third-order valence-corrected chi connectivity index (χ3v) is 6.16. The molecule has 31 heavy (non-hydrogen) atoms. The van der Waals surface area contributed by atoms with E-state index in [2.05, 4.69) is 15.4 Å². The molecule has 0 spiro atoms. The van der Waals surface area contributed by atoms with Gasteiger partial charge >= 0.3 is 0 Å². The van der Waals surface area contributed by atoms with Crippen LogP contribution in [0, 0.1) is 0 Å². The van der Waals surface area contributed by atoms with Gasteiger partial charge in [-0.3, -0.25) is 9.59 Å². The molecule has 1 atom stereocenters. The highest BCUT2D eigenvalue weighted by Gasteiger charge is 2.20. The lowest BCUT2D eigenvalue weighted by Crippen LogP contribution is -2.31. The predicted molar refractivity (Wildman–Crippen MR) is 116 cm³/mol. The molecule has 0 saturated carbocycles. The standard InChI is InChI=1S/C21H25N3O6S/c1-14(25)23-16-7-10-20(29-2)19(12-16)24-21(26)15-5-8-18(9-6-15)31(27,28)22-13-17-4-3-11-30-17/h5-10,12,17,22H,3-4,11,13H2,1-2H3,(H,23,25)(H,24,26)/t17-/m1/s1. The lowest BCUT2D eigenvalue weighted by atomic mass is 10.2. The summed E-state index contributed by atoms with van der Waals surface area (Å²) < 4.78 is 38.1. The quantitative estimate of drug-likeness (QED) is 0.571. The Morgan fingerprint density at radius 2 is 1.87 bits per heavy atom. The van der Waals surface area contributed by atoms with Crippen molar-refractivity contribution in [2.45, 2.75) is 30.8 Å². The van der Waals surface area contributed by atoms with Gasteiger partial charge in [-0.2, -0.15) is 0 Å². The number of rotatable bonds is 8. The third-order valence-electron chi connectivity index (χ3n) is 4.72. The van der Waals surface area contributed by atoms with Crippen LogP contribution in [-0.2, 0) is 19.6 Å². The van der Waals surface area contributed by atoms with Crippen molar-refractivity contribution < 1.29 is 27.5 Å². The molecule has 1 fully saturated rings. The second kappa shape index (κ2) is 9.90. The lowest BCUT2D eigenvalue weighted by molar-refractivity contribution is -0.114. The highest BCUT2D eigenvalue weighted by molar-refractivity contribution is 7.89. The first-order chi connectivity index (χ1) is 14.8. The molecule has 10 heteroatoms. The number of hydrogen-bond donors (Lipinski definition) is 3. The van der Waals surface area contributed by atoms with Gasteiger partial charge in [-0.25, -0.2) is 13.1 Å². The number of sulfonamides is 1. The van der Waals surface area contributed by atoms with Crippen molar-refractivity contribution in [3.8, 4) is 5.75 Å². The van der Waals surface area contributed by atoms with Gasteiger partial charge in [0.05, 0.1) is 23.8 Å². The van der Waals surface area contributed by atoms with Gasteiger partial charge in [0.25, 0.3) is 5.91 Å². The predicted octanol–water partition coefficient (Wildman–Crippen LogP) is 2.36. The Morgan fingerprint density at radius 1 is 1.13 bits per heavy atom. The van der Waals surface area contributed by atoms with Gasteiger partial charge in [0.15, 0.2) is 0 Å². The average Bonchev–Trinajstić information content (AvgIpc) is 3.26. The molecular weight excluding hydrogens is 422 g/mol. The van der Waals surface area contributed by atoms with Crippen molar-refractivity contribution >= 4 is 33.2 Å². The van der Waals surface area contributed by atoms with E-state index < -0.39 is 15.9 Å². The van der Waals surface area contributed by atoms with Gasteiger partial charge in [-0.1, -0.05) is 0 Å². The molecule has 2 aromatic carbocycles. The van der Waals surface area contributed by atoms with Crippen LogP contribution in [0.3, 0.4) is 0 Å². The van der Waals surface area contributed by atoms with E-state index in [0.717, 1.165) is 12.8 Å². The van der Waals surface area contributed by atoms with Crippen LogP contribution in [-0.4, -0.2) is 46.6 Å². The van der Waals surface area contributed by atoms with E-state index in [1.54, 1.807) is 18.2 Å². The van der Waals surface area contributed by atoms with Gasteiger partial charge in [-0.05, 0) is 55.3 Å². The Labute approximate surface area is 181 Å². The third kappa shape index (κ3) is 6.03. The van der Waals surface area contributed by atoms with Gasteiger partial charge in [0, 0.05) is 31.3 Å². The topological polar surface area (TPSA) is 123 Å². The number of hydrogen-bond acceptors (Lipinski definition) is 6. The van der Waals surface area contributed by atoms with Crippen LogP contribution in [0.2, 0.25) is 0 Å². The van der Waals surface area contributed by atoms with Gasteiger partial charge in [0.2, 0.25) is 15.9 Å². The molecule has 166 valence electrons. The molecular formula is C21H25N3O6S. The van der Waals surface area contributed by atoms with E-state index >= 15 is 0 Å². The number of methoxy groups -OCH3 is 1. The summed E-state index contributed by atoms with van der Waals surface area (Å²) in [4.78, 5) is 24.0. The van der Waals surface area contributed by atoms with E-state index in [9.17, 15) is 18.0 Å². The first-order valence-electron chi connectivity index (χ1n) is 9.77. The fourth-order valence-electron chi connectivity index (χ4n) is 3.16. The Balaban J connectivity index is 1.69. The molecule has 3 N–H and O–H groups in total. The fraction of sp³-hybridized carbons (Fsp3) is 0.333. The number of nitrogens with one attached hydrogen (secondary N) is 3. The summed E-state index contributed by atoms with van der Waals surface area (Å²) in [5.74, 6) is -0.276. The monoisotopic (exact) mass is 447 g/mol. The molecule has 0 radical (unpaired) electrons. The van der Waals surface area contributed by atoms with Crippen molar-refractivity contribution in [3.63, 3.8) is 0 Å². The van der Waals surface area contributed by atoms with Crippen molar-refractivity contribution in [3.05, 3.63) is 48.0 Å². The lowest BCUT2D eigenvalue weighted by Gasteiger charge is -2.13. The molecule has 1 heterocycles. The number of ether oxygens (including phenoxy) is 2. The summed E-state index contributed by atoms with van der Waals surface area (Å²) in [6.45, 7) is 2.25. The first kappa shape index (κ1) is 22.7. The van der Waals surface area contributed by atoms with Crippen LogP contribution in [0.15, 0.2) is 47.4 Å². The molecule has 0 aliphatic carbocycles. The molecule has 9 nitrogen and oxygen atoms in total. The smallest absolute Gasteiger partial charge is 0.255 e. The minimum atomic E-state index is -3.70. The normalized spacial score (nSPS) is 16.0. The molecule has 1 aliphatic rings. The van der Waals surface area contributed by atoms with Crippen LogP contribution in [0.1, 0.15) is 30.1 Å². The van der Waals surface area contributed by atoms with Gasteiger partial charge < -0.3 is 20.1 Å². The minimum absolute atomic E-state index is 0.0623. The van der Waals surface area contributed by atoms with Crippen molar-refractivity contribution in [2.75, 3.05) is 30.9 Å². The molecule has 1 saturated heterocycles. The summed E-state index contributed by atoms with van der Waals surface area (Å²) in [7, 11) is -2.23. The van der Waals surface area contributed by atoms with Gasteiger partial charge in [-0.15, -0.1) is 0 Å². The van der Waals surface area contributed by atoms with Crippen molar-refractivity contribution in [2.24, 2.45) is 0 Å². The van der Waals surface area contributed by atoms with E-state index in [1.807, 2.05) is 0 Å². The molecule has 2 amide bonds. The Kier molecular flexibility index (Phi) is 7.26. The average molecular weight is 448 g/mol. The van der Waals surface area contributed by atoms with E-state index in [-0.39, 0.29) is 29.0 Å². The number of benzene rings is 2. The minimum Gasteiger partial charge on any atom is -0.495 e. The molecule has 1 aliphatic heterocycles. The maximum absolute atomic E-state index is 12.6. The van der Waals surface area contributed by atoms with Crippen LogP contribution in [0.4, 0.5) is 11.4 Å². The highest BCUT2D eigenvalue weighted by atomic mass is 32.2. The Morgan fingerprint density at radius 3 is 2.48 bits per heavy atom. The molecule has 0 aromatic heterocycles. The Bertz CT molecular complexity index is 1050. The molecule has 3 rings (SSSR count). The van der Waals surface area contributed by atoms with Crippen LogP contribution >= 0.6 is 0 Å². The van der Waals surface area contributed by atoms with Crippen LogP contribution < -0.4 is 20.1 Å². The number of carbonyl (C=O) groups excluding carboxylic acids is 2. The van der Waals surface area contributed by atoms with Gasteiger partial charge in [0.1, 0.15) is 5.75 Å². The first-order valence-corrected chi connectivity index (χ1v) is 11.2. The zero-order valence-electron chi connectivity index (χ0n) is 17.3. The van der Waals surface area contributed by atoms with Crippen LogP contribution in [0.5, 0.6) is 5.75 Å². The fourth-order valence-corrected chi connectivity index (χ4v) is 4.22. The maximum Gasteiger partial charge on any atom is 0.255 e. The van der Waals surface area contributed by atoms with E-state index in [0.29, 0.717) is 23.7 Å². The number of carbonyl (C=O) groups is 2. The summed E-state index contributed by atoms with van der Waals surface area (Å²) in [5, 5.41) is 5.35. The second-order valence-corrected chi connectivity index (χ2v) is 8.83. The van der Waals surface area contributed by atoms with Crippen LogP contribution in [0.25, 0.3) is 0 Å². The number of anilines is 2. The zero-order chi connectivity index (χ0) is 22.4. The summed E-state index contributed by atoms with van der Waals surface area (Å²) in [6.07, 6.45) is 1.64. The zero-order valence-corrected chi connectivity index (χ0v) is 18.1. The largest absolute Gasteiger partial charge is 0.495 e.